The number of thiol groups is 1. The summed E-state index contributed by atoms with van der Waals surface area (Å²) < 4.78 is 0. The summed E-state index contributed by atoms with van der Waals surface area (Å²) in [5.41, 5.74) is 16.5. The number of rotatable bonds is 18. The molecule has 0 aromatic heterocycles. The highest BCUT2D eigenvalue weighted by Crippen LogP contribution is 2.05. The Hall–Kier alpha value is -1.84. The Bertz CT molecular complexity index is 695. The van der Waals surface area contributed by atoms with Crippen LogP contribution in [0.5, 0.6) is 0 Å². The highest BCUT2D eigenvalue weighted by Gasteiger charge is 2.29. The average Bonchev–Trinajstić information content (AvgIpc) is 2.79. The fourth-order valence-corrected chi connectivity index (χ4v) is 3.88. The van der Waals surface area contributed by atoms with Crippen molar-refractivity contribution in [2.75, 3.05) is 36.3 Å². The zero-order valence-electron chi connectivity index (χ0n) is 19.5. The molecule has 12 nitrogen and oxygen atoms in total. The number of carbonyl (C=O) groups is 4. The maximum absolute atomic E-state index is 12.9. The van der Waals surface area contributed by atoms with Crippen molar-refractivity contribution in [3.8, 4) is 0 Å². The SMILES string of the molecule is CSCCC(N)C(=O)NC(CCCN=C(N)N)C(=O)NC(CS)C(=O)NC(CCSC)C(=O)O. The number of guanidine groups is 1. The molecule has 0 saturated carbocycles. The minimum atomic E-state index is -1.17. The second-order valence-electron chi connectivity index (χ2n) is 7.32. The van der Waals surface area contributed by atoms with Gasteiger partial charge in [0.25, 0.3) is 0 Å². The molecule has 0 aromatic rings. The summed E-state index contributed by atoms with van der Waals surface area (Å²) in [4.78, 5) is 53.2. The van der Waals surface area contributed by atoms with Crippen LogP contribution >= 0.6 is 36.2 Å². The fraction of sp³-hybridized carbons (Fsp3) is 0.737. The van der Waals surface area contributed by atoms with E-state index in [-0.39, 0.29) is 31.1 Å². The van der Waals surface area contributed by atoms with Crippen LogP contribution in [0.15, 0.2) is 4.99 Å². The maximum Gasteiger partial charge on any atom is 0.326 e. The topological polar surface area (TPSA) is 215 Å². The number of carboxylic acids is 1. The van der Waals surface area contributed by atoms with E-state index in [1.807, 2.05) is 12.5 Å². The van der Waals surface area contributed by atoms with Crippen molar-refractivity contribution >= 4 is 65.8 Å². The first kappa shape index (κ1) is 32.2. The number of aliphatic imine (C=N–C) groups is 1. The van der Waals surface area contributed by atoms with Gasteiger partial charge >= 0.3 is 5.97 Å². The second-order valence-corrected chi connectivity index (χ2v) is 9.66. The number of hydrogen-bond acceptors (Lipinski definition) is 9. The molecule has 0 aliphatic heterocycles. The molecule has 0 spiro atoms. The van der Waals surface area contributed by atoms with Crippen molar-refractivity contribution in [2.45, 2.75) is 49.9 Å². The first-order chi connectivity index (χ1) is 16.1. The normalized spacial score (nSPS) is 14.2. The lowest BCUT2D eigenvalue weighted by Gasteiger charge is -2.24. The number of thioether (sulfide) groups is 2. The predicted molar refractivity (Wildman–Crippen MR) is 141 cm³/mol. The molecule has 10 N–H and O–H groups in total. The van der Waals surface area contributed by atoms with Crippen molar-refractivity contribution in [1.82, 2.24) is 16.0 Å². The van der Waals surface area contributed by atoms with E-state index in [2.05, 4.69) is 33.6 Å². The van der Waals surface area contributed by atoms with Gasteiger partial charge in [-0.25, -0.2) is 4.79 Å². The monoisotopic (exact) mass is 539 g/mol. The van der Waals surface area contributed by atoms with Crippen molar-refractivity contribution in [2.24, 2.45) is 22.2 Å². The van der Waals surface area contributed by atoms with Gasteiger partial charge in [-0.05, 0) is 49.7 Å². The standard InChI is InChI=1S/C19H37N7O5S3/c1-33-8-5-11(20)15(27)24-12(4-3-7-23-19(21)22)16(28)26-14(10-32)17(29)25-13(18(30)31)6-9-34-2/h11-14,32H,3-10,20H2,1-2H3,(H,24,27)(H,25,29)(H,26,28)(H,30,31)(H4,21,22,23). The maximum atomic E-state index is 12.9. The minimum absolute atomic E-state index is 0.0751. The Morgan fingerprint density at radius 3 is 1.94 bits per heavy atom. The number of nitrogens with two attached hydrogens (primary N) is 3. The molecule has 0 heterocycles. The van der Waals surface area contributed by atoms with E-state index in [4.69, 9.17) is 17.2 Å². The van der Waals surface area contributed by atoms with Gasteiger partial charge < -0.3 is 38.3 Å². The second kappa shape index (κ2) is 18.5. The quantitative estimate of drug-likeness (QED) is 0.0429. The molecular formula is C19H37N7O5S3. The van der Waals surface area contributed by atoms with Crippen LogP contribution < -0.4 is 33.2 Å². The van der Waals surface area contributed by atoms with E-state index in [9.17, 15) is 24.3 Å². The number of amides is 3. The number of carboxylic acid groups (broad SMARTS) is 1. The molecule has 3 amide bonds. The van der Waals surface area contributed by atoms with Crippen LogP contribution in [0.1, 0.15) is 25.7 Å². The largest absolute Gasteiger partial charge is 0.480 e. The van der Waals surface area contributed by atoms with E-state index in [1.54, 1.807) is 11.8 Å². The van der Waals surface area contributed by atoms with E-state index in [1.165, 1.54) is 11.8 Å². The Morgan fingerprint density at radius 1 is 0.882 bits per heavy atom. The van der Waals surface area contributed by atoms with Gasteiger partial charge in [0.15, 0.2) is 5.96 Å². The van der Waals surface area contributed by atoms with E-state index in [0.29, 0.717) is 24.3 Å². The summed E-state index contributed by atoms with van der Waals surface area (Å²) in [5.74, 6) is -1.92. The first-order valence-electron chi connectivity index (χ1n) is 10.6. The number of aliphatic carboxylic acids is 1. The zero-order valence-corrected chi connectivity index (χ0v) is 22.0. The Morgan fingerprint density at radius 2 is 1.41 bits per heavy atom. The summed E-state index contributed by atoms with van der Waals surface area (Å²) in [6.45, 7) is 0.243. The van der Waals surface area contributed by atoms with Crippen molar-refractivity contribution in [1.29, 1.82) is 0 Å². The van der Waals surface area contributed by atoms with Gasteiger partial charge in [0, 0.05) is 12.3 Å². The van der Waals surface area contributed by atoms with Gasteiger partial charge in [0.1, 0.15) is 18.1 Å². The van der Waals surface area contributed by atoms with Crippen LogP contribution in [0.3, 0.4) is 0 Å². The summed E-state index contributed by atoms with van der Waals surface area (Å²) >= 11 is 7.11. The van der Waals surface area contributed by atoms with E-state index >= 15 is 0 Å². The molecule has 15 heteroatoms. The molecule has 0 radical (unpaired) electrons. The zero-order chi connectivity index (χ0) is 26.1. The lowest BCUT2D eigenvalue weighted by molar-refractivity contribution is -0.142. The van der Waals surface area contributed by atoms with Crippen LogP contribution in [0, 0.1) is 0 Å². The van der Waals surface area contributed by atoms with E-state index in [0.717, 1.165) is 0 Å². The van der Waals surface area contributed by atoms with E-state index < -0.39 is 47.9 Å². The molecule has 0 aliphatic rings. The first-order valence-corrected chi connectivity index (χ1v) is 14.0. The lowest BCUT2D eigenvalue weighted by Crippen LogP contribution is -2.57. The third kappa shape index (κ3) is 13.8. The van der Waals surface area contributed by atoms with Crippen LogP contribution in [-0.2, 0) is 19.2 Å². The van der Waals surface area contributed by atoms with Crippen LogP contribution in [-0.4, -0.2) is 95.2 Å². The molecule has 0 aliphatic carbocycles. The summed E-state index contributed by atoms with van der Waals surface area (Å²) in [6.07, 6.45) is 4.95. The summed E-state index contributed by atoms with van der Waals surface area (Å²) in [5, 5.41) is 16.9. The molecule has 4 unspecified atom stereocenters. The highest BCUT2D eigenvalue weighted by molar-refractivity contribution is 7.98. The number of carbonyl (C=O) groups excluding carboxylic acids is 3. The van der Waals surface area contributed by atoms with Crippen LogP contribution in [0.25, 0.3) is 0 Å². The number of nitrogens with zero attached hydrogens (tertiary/aromatic N) is 1. The summed E-state index contributed by atoms with van der Waals surface area (Å²) in [6, 6.07) is -3.99. The molecule has 0 fully saturated rings. The number of nitrogens with one attached hydrogen (secondary N) is 3. The molecule has 34 heavy (non-hydrogen) atoms. The van der Waals surface area contributed by atoms with Gasteiger partial charge in [-0.2, -0.15) is 36.2 Å². The Labute approximate surface area is 214 Å². The average molecular weight is 540 g/mol. The molecule has 196 valence electrons. The summed E-state index contributed by atoms with van der Waals surface area (Å²) in [7, 11) is 0. The van der Waals surface area contributed by atoms with Crippen molar-refractivity contribution < 1.29 is 24.3 Å². The minimum Gasteiger partial charge on any atom is -0.480 e. The van der Waals surface area contributed by atoms with Gasteiger partial charge in [0.05, 0.1) is 6.04 Å². The predicted octanol–water partition coefficient (Wildman–Crippen LogP) is -1.66. The number of hydrogen-bond donors (Lipinski definition) is 8. The molecule has 4 atom stereocenters. The smallest absolute Gasteiger partial charge is 0.326 e. The molecular weight excluding hydrogens is 502 g/mol. The van der Waals surface area contributed by atoms with Crippen LogP contribution in [0.4, 0.5) is 0 Å². The van der Waals surface area contributed by atoms with Gasteiger partial charge in [-0.15, -0.1) is 0 Å². The third-order valence-electron chi connectivity index (χ3n) is 4.59. The Kier molecular flexibility index (Phi) is 17.5. The molecule has 0 rings (SSSR count). The molecule has 0 aromatic carbocycles. The van der Waals surface area contributed by atoms with Crippen molar-refractivity contribution in [3.63, 3.8) is 0 Å². The lowest BCUT2D eigenvalue weighted by atomic mass is 10.1. The van der Waals surface area contributed by atoms with Gasteiger partial charge in [-0.1, -0.05) is 0 Å². The van der Waals surface area contributed by atoms with Crippen LogP contribution in [0.2, 0.25) is 0 Å². The Balaban J connectivity index is 5.28. The molecule has 0 bridgehead atoms. The highest BCUT2D eigenvalue weighted by atomic mass is 32.2. The molecule has 0 saturated heterocycles. The van der Waals surface area contributed by atoms with Gasteiger partial charge in [0.2, 0.25) is 17.7 Å². The third-order valence-corrected chi connectivity index (χ3v) is 6.24. The fourth-order valence-electron chi connectivity index (χ4n) is 2.66. The van der Waals surface area contributed by atoms with Gasteiger partial charge in [-0.3, -0.25) is 19.4 Å². The van der Waals surface area contributed by atoms with Crippen molar-refractivity contribution in [3.05, 3.63) is 0 Å².